The molecular formula is C12H26N2O. The van der Waals surface area contributed by atoms with Crippen molar-refractivity contribution in [1.82, 2.24) is 5.32 Å². The van der Waals surface area contributed by atoms with Crippen LogP contribution < -0.4 is 11.1 Å². The number of aliphatic hydroxyl groups is 1. The van der Waals surface area contributed by atoms with E-state index in [1.54, 1.807) is 0 Å². The van der Waals surface area contributed by atoms with Crippen LogP contribution in [0.3, 0.4) is 0 Å². The number of nitrogens with two attached hydrogens (primary N) is 1. The highest BCUT2D eigenvalue weighted by Crippen LogP contribution is 2.36. The molecule has 15 heavy (non-hydrogen) atoms. The fourth-order valence-electron chi connectivity index (χ4n) is 2.33. The quantitative estimate of drug-likeness (QED) is 0.598. The van der Waals surface area contributed by atoms with Gasteiger partial charge in [0.15, 0.2) is 0 Å². The Morgan fingerprint density at radius 3 is 2.47 bits per heavy atom. The van der Waals surface area contributed by atoms with Gasteiger partial charge in [-0.1, -0.05) is 12.8 Å². The Morgan fingerprint density at radius 1 is 1.47 bits per heavy atom. The van der Waals surface area contributed by atoms with Crippen LogP contribution in [0.1, 0.15) is 46.5 Å². The molecule has 0 radical (unpaired) electrons. The third-order valence-electron chi connectivity index (χ3n) is 3.18. The van der Waals surface area contributed by atoms with Crippen LogP contribution in [0.4, 0.5) is 0 Å². The minimum Gasteiger partial charge on any atom is -0.393 e. The predicted octanol–water partition coefficient (Wildman–Crippen LogP) is 1.25. The third-order valence-corrected chi connectivity index (χ3v) is 3.18. The summed E-state index contributed by atoms with van der Waals surface area (Å²) in [6, 6.07) is 0.331. The molecular weight excluding hydrogens is 188 g/mol. The molecule has 0 spiro atoms. The van der Waals surface area contributed by atoms with Crippen LogP contribution in [0.25, 0.3) is 0 Å². The highest BCUT2D eigenvalue weighted by atomic mass is 16.3. The van der Waals surface area contributed by atoms with Crippen molar-refractivity contribution in [3.05, 3.63) is 0 Å². The van der Waals surface area contributed by atoms with Crippen LogP contribution >= 0.6 is 0 Å². The summed E-state index contributed by atoms with van der Waals surface area (Å²) in [7, 11) is 0. The smallest absolute Gasteiger partial charge is 0.0526 e. The number of hydrogen-bond acceptors (Lipinski definition) is 3. The first-order chi connectivity index (χ1) is 6.95. The lowest BCUT2D eigenvalue weighted by molar-refractivity contribution is 0.158. The number of rotatable bonds is 7. The van der Waals surface area contributed by atoms with Crippen LogP contribution in [-0.2, 0) is 0 Å². The van der Waals surface area contributed by atoms with E-state index in [1.807, 2.05) is 6.92 Å². The van der Waals surface area contributed by atoms with Gasteiger partial charge in [-0.2, -0.15) is 0 Å². The van der Waals surface area contributed by atoms with Gasteiger partial charge in [-0.05, 0) is 39.5 Å². The molecule has 1 rings (SSSR count). The van der Waals surface area contributed by atoms with Crippen molar-refractivity contribution in [2.45, 2.75) is 64.1 Å². The largest absolute Gasteiger partial charge is 0.393 e. The third kappa shape index (κ3) is 4.96. The van der Waals surface area contributed by atoms with E-state index in [1.165, 1.54) is 19.3 Å². The Kier molecular flexibility index (Phi) is 4.56. The van der Waals surface area contributed by atoms with Gasteiger partial charge in [0.2, 0.25) is 0 Å². The maximum atomic E-state index is 9.32. The monoisotopic (exact) mass is 214 g/mol. The molecule has 0 aromatic heterocycles. The molecule has 1 fully saturated rings. The SMILES string of the molecule is CC(O)CC(C)NC(C)(CN)CC1CC1. The fourth-order valence-corrected chi connectivity index (χ4v) is 2.33. The molecule has 1 aliphatic carbocycles. The summed E-state index contributed by atoms with van der Waals surface area (Å²) in [6.45, 7) is 6.82. The first-order valence-electron chi connectivity index (χ1n) is 6.11. The zero-order chi connectivity index (χ0) is 11.5. The first kappa shape index (κ1) is 12.9. The molecule has 0 aliphatic heterocycles. The van der Waals surface area contributed by atoms with E-state index in [-0.39, 0.29) is 11.6 Å². The van der Waals surface area contributed by atoms with Crippen molar-refractivity contribution in [2.75, 3.05) is 6.54 Å². The minimum atomic E-state index is -0.240. The predicted molar refractivity (Wildman–Crippen MR) is 63.7 cm³/mol. The molecule has 0 amide bonds. The maximum absolute atomic E-state index is 9.32. The lowest BCUT2D eigenvalue weighted by Gasteiger charge is -2.33. The average molecular weight is 214 g/mol. The van der Waals surface area contributed by atoms with Crippen molar-refractivity contribution < 1.29 is 5.11 Å². The second-order valence-electron chi connectivity index (χ2n) is 5.54. The van der Waals surface area contributed by atoms with Gasteiger partial charge < -0.3 is 16.2 Å². The van der Waals surface area contributed by atoms with Crippen molar-refractivity contribution in [3.8, 4) is 0 Å². The molecule has 3 heteroatoms. The van der Waals surface area contributed by atoms with Gasteiger partial charge in [-0.15, -0.1) is 0 Å². The molecule has 4 N–H and O–H groups in total. The standard InChI is InChI=1S/C12H26N2O/c1-9(6-10(2)15)14-12(3,8-13)7-11-4-5-11/h9-11,14-15H,4-8,13H2,1-3H3. The van der Waals surface area contributed by atoms with Gasteiger partial charge in [-0.3, -0.25) is 0 Å². The second kappa shape index (κ2) is 5.28. The lowest BCUT2D eigenvalue weighted by Crippen LogP contribution is -2.53. The van der Waals surface area contributed by atoms with Crippen LogP contribution in [0.5, 0.6) is 0 Å². The van der Waals surface area contributed by atoms with E-state index in [4.69, 9.17) is 5.73 Å². The maximum Gasteiger partial charge on any atom is 0.0526 e. The Labute approximate surface area is 93.4 Å². The van der Waals surface area contributed by atoms with Crippen LogP contribution in [0.15, 0.2) is 0 Å². The number of nitrogens with one attached hydrogen (secondary N) is 1. The zero-order valence-electron chi connectivity index (χ0n) is 10.3. The highest BCUT2D eigenvalue weighted by molar-refractivity contribution is 4.92. The lowest BCUT2D eigenvalue weighted by atomic mass is 9.93. The van der Waals surface area contributed by atoms with Gasteiger partial charge in [0.05, 0.1) is 6.10 Å². The molecule has 1 aliphatic rings. The normalized spacial score (nSPS) is 24.6. The molecule has 90 valence electrons. The van der Waals surface area contributed by atoms with Gasteiger partial charge in [0, 0.05) is 18.1 Å². The molecule has 3 nitrogen and oxygen atoms in total. The first-order valence-corrected chi connectivity index (χ1v) is 6.11. The van der Waals surface area contributed by atoms with Gasteiger partial charge >= 0.3 is 0 Å². The Balaban J connectivity index is 2.35. The van der Waals surface area contributed by atoms with E-state index in [0.717, 1.165) is 12.3 Å². The molecule has 0 aromatic carbocycles. The molecule has 0 saturated heterocycles. The second-order valence-corrected chi connectivity index (χ2v) is 5.54. The van der Waals surface area contributed by atoms with Crippen LogP contribution in [0, 0.1) is 5.92 Å². The van der Waals surface area contributed by atoms with E-state index in [9.17, 15) is 5.11 Å². The summed E-state index contributed by atoms with van der Waals surface area (Å²) < 4.78 is 0. The van der Waals surface area contributed by atoms with Gasteiger partial charge in [0.1, 0.15) is 0 Å². The van der Waals surface area contributed by atoms with Crippen molar-refractivity contribution in [2.24, 2.45) is 11.7 Å². The Morgan fingerprint density at radius 2 is 2.07 bits per heavy atom. The fraction of sp³-hybridized carbons (Fsp3) is 1.00. The van der Waals surface area contributed by atoms with E-state index >= 15 is 0 Å². The molecule has 0 aromatic rings. The van der Waals surface area contributed by atoms with Crippen LogP contribution in [-0.4, -0.2) is 29.3 Å². The van der Waals surface area contributed by atoms with Crippen molar-refractivity contribution in [3.63, 3.8) is 0 Å². The Bertz CT molecular complexity index is 192. The van der Waals surface area contributed by atoms with E-state index in [2.05, 4.69) is 19.2 Å². The van der Waals surface area contributed by atoms with Crippen molar-refractivity contribution in [1.29, 1.82) is 0 Å². The number of aliphatic hydroxyl groups excluding tert-OH is 1. The van der Waals surface area contributed by atoms with E-state index in [0.29, 0.717) is 12.6 Å². The van der Waals surface area contributed by atoms with Crippen molar-refractivity contribution >= 4 is 0 Å². The summed E-state index contributed by atoms with van der Waals surface area (Å²) in [5.74, 6) is 0.879. The molecule has 1 saturated carbocycles. The summed E-state index contributed by atoms with van der Waals surface area (Å²) in [6.07, 6.45) is 4.45. The average Bonchev–Trinajstić information content (AvgIpc) is 2.86. The molecule has 0 bridgehead atoms. The highest BCUT2D eigenvalue weighted by Gasteiger charge is 2.33. The minimum absolute atomic E-state index is 0.0511. The molecule has 0 heterocycles. The number of hydrogen-bond donors (Lipinski definition) is 3. The topological polar surface area (TPSA) is 58.3 Å². The summed E-state index contributed by atoms with van der Waals surface area (Å²) in [4.78, 5) is 0. The molecule has 3 atom stereocenters. The molecule has 3 unspecified atom stereocenters. The van der Waals surface area contributed by atoms with Gasteiger partial charge in [-0.25, -0.2) is 0 Å². The zero-order valence-corrected chi connectivity index (χ0v) is 10.3. The van der Waals surface area contributed by atoms with Crippen LogP contribution in [0.2, 0.25) is 0 Å². The van der Waals surface area contributed by atoms with Gasteiger partial charge in [0.25, 0.3) is 0 Å². The summed E-state index contributed by atoms with van der Waals surface area (Å²) >= 11 is 0. The summed E-state index contributed by atoms with van der Waals surface area (Å²) in [5, 5.41) is 12.9. The van der Waals surface area contributed by atoms with E-state index < -0.39 is 0 Å². The Hall–Kier alpha value is -0.120. The summed E-state index contributed by atoms with van der Waals surface area (Å²) in [5.41, 5.74) is 5.89.